The van der Waals surface area contributed by atoms with E-state index in [4.69, 9.17) is 25.8 Å². The molecule has 0 aliphatic carbocycles. The van der Waals surface area contributed by atoms with Crippen LogP contribution < -0.4 is 19.5 Å². The highest BCUT2D eigenvalue weighted by molar-refractivity contribution is 7.11. The summed E-state index contributed by atoms with van der Waals surface area (Å²) in [7, 11) is 4.74. The van der Waals surface area contributed by atoms with E-state index in [0.29, 0.717) is 38.5 Å². The summed E-state index contributed by atoms with van der Waals surface area (Å²) < 4.78 is 15.9. The molecule has 2 aromatic carbocycles. The molecule has 0 saturated carbocycles. The first-order valence-corrected chi connectivity index (χ1v) is 9.74. The molecule has 29 heavy (non-hydrogen) atoms. The van der Waals surface area contributed by atoms with Crippen LogP contribution in [0.15, 0.2) is 48.0 Å². The summed E-state index contributed by atoms with van der Waals surface area (Å²) in [6.45, 7) is 0. The molecule has 0 bridgehead atoms. The van der Waals surface area contributed by atoms with E-state index in [1.165, 1.54) is 11.3 Å². The lowest BCUT2D eigenvalue weighted by Crippen LogP contribution is -1.95. The van der Waals surface area contributed by atoms with Crippen molar-refractivity contribution in [3.05, 3.63) is 58.0 Å². The van der Waals surface area contributed by atoms with Crippen LogP contribution >= 0.6 is 22.9 Å². The molecule has 6 nitrogen and oxygen atoms in total. The number of hydrogen-bond acceptors (Lipinski definition) is 7. The van der Waals surface area contributed by atoms with E-state index in [1.807, 2.05) is 23.6 Å². The summed E-state index contributed by atoms with van der Waals surface area (Å²) in [5, 5.41) is 15.7. The molecule has 0 fully saturated rings. The van der Waals surface area contributed by atoms with Gasteiger partial charge in [0.1, 0.15) is 22.4 Å². The van der Waals surface area contributed by atoms with Crippen LogP contribution in [0, 0.1) is 11.3 Å². The minimum absolute atomic E-state index is 0.392. The predicted molar refractivity (Wildman–Crippen MR) is 116 cm³/mol. The van der Waals surface area contributed by atoms with E-state index < -0.39 is 0 Å². The van der Waals surface area contributed by atoms with Crippen LogP contribution in [-0.4, -0.2) is 26.3 Å². The van der Waals surface area contributed by atoms with Gasteiger partial charge in [-0.05, 0) is 36.4 Å². The molecule has 0 saturated heterocycles. The number of methoxy groups -OCH3 is 3. The number of nitrogens with zero attached hydrogens (tertiary/aromatic N) is 2. The van der Waals surface area contributed by atoms with Crippen molar-refractivity contribution in [2.45, 2.75) is 0 Å². The third-order valence-electron chi connectivity index (χ3n) is 4.07. The fourth-order valence-electron chi connectivity index (χ4n) is 2.61. The molecule has 0 unspecified atom stereocenters. The predicted octanol–water partition coefficient (Wildman–Crippen LogP) is 5.47. The van der Waals surface area contributed by atoms with Gasteiger partial charge in [-0.15, -0.1) is 11.3 Å². The number of aromatic nitrogens is 1. The number of ether oxygens (including phenoxy) is 3. The summed E-state index contributed by atoms with van der Waals surface area (Å²) in [4.78, 5) is 4.59. The van der Waals surface area contributed by atoms with Crippen molar-refractivity contribution in [3.8, 4) is 34.6 Å². The SMILES string of the molecule is COc1ccc(Cl)cc1N/C=C(\C#N)c1nc(-c2ccc(OC)c(OC)c2)cs1. The lowest BCUT2D eigenvalue weighted by Gasteiger charge is -2.09. The summed E-state index contributed by atoms with van der Waals surface area (Å²) in [5.74, 6) is 1.88. The molecule has 1 N–H and O–H groups in total. The second kappa shape index (κ2) is 9.32. The molecule has 3 aromatic rings. The molecule has 0 spiro atoms. The molecule has 0 aliphatic rings. The van der Waals surface area contributed by atoms with Crippen LogP contribution in [0.3, 0.4) is 0 Å². The Kier molecular flexibility index (Phi) is 6.60. The fraction of sp³-hybridized carbons (Fsp3) is 0.143. The van der Waals surface area contributed by atoms with Gasteiger partial charge in [-0.3, -0.25) is 0 Å². The third kappa shape index (κ3) is 4.62. The molecule has 0 aliphatic heterocycles. The Morgan fingerprint density at radius 2 is 1.79 bits per heavy atom. The number of nitriles is 1. The molecule has 0 amide bonds. The van der Waals surface area contributed by atoms with Crippen LogP contribution in [-0.2, 0) is 0 Å². The average Bonchev–Trinajstić information content (AvgIpc) is 3.24. The quantitative estimate of drug-likeness (QED) is 0.504. The Labute approximate surface area is 177 Å². The monoisotopic (exact) mass is 427 g/mol. The van der Waals surface area contributed by atoms with Crippen LogP contribution in [0.5, 0.6) is 17.2 Å². The number of rotatable bonds is 7. The van der Waals surface area contributed by atoms with E-state index in [0.717, 1.165) is 11.3 Å². The van der Waals surface area contributed by atoms with Gasteiger partial charge in [0.05, 0.1) is 32.7 Å². The normalized spacial score (nSPS) is 10.9. The summed E-state index contributed by atoms with van der Waals surface area (Å²) in [6, 6.07) is 12.9. The standard InChI is InChI=1S/C21H18ClN3O3S/c1-26-18-7-5-15(22)9-16(18)24-11-14(10-23)21-25-17(12-29-21)13-4-6-19(27-2)20(8-13)28-3/h4-9,11-12,24H,1-3H3/b14-11+. The zero-order valence-corrected chi connectivity index (χ0v) is 17.6. The number of hydrogen-bond donors (Lipinski definition) is 1. The Morgan fingerprint density at radius 3 is 2.48 bits per heavy atom. The highest BCUT2D eigenvalue weighted by Gasteiger charge is 2.12. The van der Waals surface area contributed by atoms with E-state index in [-0.39, 0.29) is 0 Å². The Morgan fingerprint density at radius 1 is 1.07 bits per heavy atom. The van der Waals surface area contributed by atoms with Crippen LogP contribution in [0.2, 0.25) is 5.02 Å². The molecule has 1 heterocycles. The fourth-order valence-corrected chi connectivity index (χ4v) is 3.58. The molecule has 148 valence electrons. The van der Waals surface area contributed by atoms with Crippen molar-refractivity contribution >= 4 is 34.2 Å². The Bertz CT molecular complexity index is 1090. The van der Waals surface area contributed by atoms with Gasteiger partial charge in [-0.1, -0.05) is 11.6 Å². The van der Waals surface area contributed by atoms with E-state index in [1.54, 1.807) is 45.7 Å². The van der Waals surface area contributed by atoms with E-state index >= 15 is 0 Å². The van der Waals surface area contributed by atoms with Gasteiger partial charge < -0.3 is 19.5 Å². The molecule has 8 heteroatoms. The lowest BCUT2D eigenvalue weighted by atomic mass is 10.1. The first kappa shape index (κ1) is 20.5. The van der Waals surface area contributed by atoms with Crippen molar-refractivity contribution in [1.82, 2.24) is 4.98 Å². The number of allylic oxidation sites excluding steroid dienone is 1. The smallest absolute Gasteiger partial charge is 0.161 e. The van der Waals surface area contributed by atoms with Gasteiger partial charge in [0, 0.05) is 22.2 Å². The number of benzene rings is 2. The highest BCUT2D eigenvalue weighted by Crippen LogP contribution is 2.34. The zero-order valence-electron chi connectivity index (χ0n) is 16.0. The van der Waals surface area contributed by atoms with Gasteiger partial charge >= 0.3 is 0 Å². The van der Waals surface area contributed by atoms with E-state index in [2.05, 4.69) is 16.4 Å². The maximum atomic E-state index is 9.58. The topological polar surface area (TPSA) is 76.4 Å². The number of nitrogens with one attached hydrogen (secondary N) is 1. The van der Waals surface area contributed by atoms with Crippen molar-refractivity contribution < 1.29 is 14.2 Å². The molecule has 0 radical (unpaired) electrons. The van der Waals surface area contributed by atoms with Gasteiger partial charge in [0.2, 0.25) is 0 Å². The van der Waals surface area contributed by atoms with Gasteiger partial charge in [0.15, 0.2) is 11.5 Å². The molecular weight excluding hydrogens is 410 g/mol. The molecular formula is C21H18ClN3O3S. The van der Waals surface area contributed by atoms with Gasteiger partial charge in [0.25, 0.3) is 0 Å². The number of halogens is 1. The Hall–Kier alpha value is -3.21. The zero-order chi connectivity index (χ0) is 20.8. The van der Waals surface area contributed by atoms with Gasteiger partial charge in [-0.25, -0.2) is 4.98 Å². The van der Waals surface area contributed by atoms with Crippen molar-refractivity contribution in [3.63, 3.8) is 0 Å². The minimum Gasteiger partial charge on any atom is -0.495 e. The van der Waals surface area contributed by atoms with Crippen molar-refractivity contribution in [1.29, 1.82) is 5.26 Å². The molecule has 0 atom stereocenters. The number of anilines is 1. The second-order valence-corrected chi connectivity index (χ2v) is 7.06. The largest absolute Gasteiger partial charge is 0.495 e. The maximum Gasteiger partial charge on any atom is 0.161 e. The molecule has 1 aromatic heterocycles. The minimum atomic E-state index is 0.392. The maximum absolute atomic E-state index is 9.58. The summed E-state index contributed by atoms with van der Waals surface area (Å²) >= 11 is 7.42. The third-order valence-corrected chi connectivity index (χ3v) is 5.18. The van der Waals surface area contributed by atoms with Crippen LogP contribution in [0.25, 0.3) is 16.8 Å². The number of thiazole rings is 1. The van der Waals surface area contributed by atoms with Crippen molar-refractivity contribution in [2.24, 2.45) is 0 Å². The van der Waals surface area contributed by atoms with Crippen LogP contribution in [0.4, 0.5) is 5.69 Å². The summed E-state index contributed by atoms with van der Waals surface area (Å²) in [6.07, 6.45) is 1.59. The molecule has 3 rings (SSSR count). The average molecular weight is 428 g/mol. The highest BCUT2D eigenvalue weighted by atomic mass is 35.5. The van der Waals surface area contributed by atoms with Gasteiger partial charge in [-0.2, -0.15) is 5.26 Å². The lowest BCUT2D eigenvalue weighted by molar-refractivity contribution is 0.355. The first-order chi connectivity index (χ1) is 14.1. The second-order valence-electron chi connectivity index (χ2n) is 5.77. The first-order valence-electron chi connectivity index (χ1n) is 8.48. The van der Waals surface area contributed by atoms with Crippen molar-refractivity contribution in [2.75, 3.05) is 26.6 Å². The summed E-state index contributed by atoms with van der Waals surface area (Å²) in [5.41, 5.74) is 2.66. The van der Waals surface area contributed by atoms with Crippen LogP contribution in [0.1, 0.15) is 5.01 Å². The Balaban J connectivity index is 1.87. The van der Waals surface area contributed by atoms with E-state index in [9.17, 15) is 5.26 Å².